The molecule has 1 fully saturated rings. The summed E-state index contributed by atoms with van der Waals surface area (Å²) in [7, 11) is 0. The first-order valence-corrected chi connectivity index (χ1v) is 7.56. The summed E-state index contributed by atoms with van der Waals surface area (Å²) in [5.74, 6) is 2.23. The van der Waals surface area contributed by atoms with Gasteiger partial charge in [-0.15, -0.1) is 0 Å². The number of piperidine rings is 1. The quantitative estimate of drug-likeness (QED) is 0.466. The number of hydrogen-bond acceptors (Lipinski definition) is 2. The van der Waals surface area contributed by atoms with E-state index in [1.807, 2.05) is 0 Å². The minimum absolute atomic E-state index is 0.00861. The first-order valence-electron chi connectivity index (χ1n) is 7.56. The molecule has 19 heavy (non-hydrogen) atoms. The second-order valence-electron chi connectivity index (χ2n) is 7.20. The number of nitrogens with one attached hydrogen (secondary N) is 1. The Bertz CT molecular complexity index is 283. The first-order chi connectivity index (χ1) is 8.76. The average molecular weight is 268 g/mol. The van der Waals surface area contributed by atoms with Gasteiger partial charge in [-0.05, 0) is 52.0 Å². The second kappa shape index (κ2) is 7.13. The minimum atomic E-state index is -0.00861. The maximum absolute atomic E-state index is 5.85. The van der Waals surface area contributed by atoms with Crippen LogP contribution in [0.25, 0.3) is 0 Å². The Balaban J connectivity index is 2.21. The predicted molar refractivity (Wildman–Crippen MR) is 83.4 cm³/mol. The van der Waals surface area contributed by atoms with Crippen LogP contribution < -0.4 is 11.1 Å². The van der Waals surface area contributed by atoms with Gasteiger partial charge in [0.15, 0.2) is 5.96 Å². The van der Waals surface area contributed by atoms with Gasteiger partial charge in [-0.25, -0.2) is 0 Å². The highest BCUT2D eigenvalue weighted by Crippen LogP contribution is 2.20. The van der Waals surface area contributed by atoms with Gasteiger partial charge in [0, 0.05) is 25.2 Å². The summed E-state index contributed by atoms with van der Waals surface area (Å²) < 4.78 is 0. The maximum Gasteiger partial charge on any atom is 0.188 e. The third kappa shape index (κ3) is 7.41. The Hall–Kier alpha value is -0.770. The molecule has 1 saturated heterocycles. The van der Waals surface area contributed by atoms with Crippen LogP contribution in [0.3, 0.4) is 0 Å². The number of likely N-dealkylation sites (tertiary alicyclic amines) is 1. The van der Waals surface area contributed by atoms with Crippen molar-refractivity contribution in [3.63, 3.8) is 0 Å². The topological polar surface area (TPSA) is 53.6 Å². The van der Waals surface area contributed by atoms with Crippen molar-refractivity contribution in [3.05, 3.63) is 0 Å². The maximum atomic E-state index is 5.85. The first kappa shape index (κ1) is 16.3. The van der Waals surface area contributed by atoms with Gasteiger partial charge in [-0.1, -0.05) is 13.8 Å². The van der Waals surface area contributed by atoms with Gasteiger partial charge in [0.1, 0.15) is 0 Å². The van der Waals surface area contributed by atoms with Crippen molar-refractivity contribution >= 4 is 5.96 Å². The van der Waals surface area contributed by atoms with E-state index in [9.17, 15) is 0 Å². The van der Waals surface area contributed by atoms with E-state index in [-0.39, 0.29) is 5.54 Å². The van der Waals surface area contributed by atoms with Crippen molar-refractivity contribution < 1.29 is 0 Å². The molecule has 4 heteroatoms. The fourth-order valence-corrected chi connectivity index (χ4v) is 2.89. The summed E-state index contributed by atoms with van der Waals surface area (Å²) in [6.07, 6.45) is 2.46. The highest BCUT2D eigenvalue weighted by Gasteiger charge is 2.20. The molecule has 0 saturated carbocycles. The molecule has 0 radical (unpaired) electrons. The van der Waals surface area contributed by atoms with Crippen LogP contribution in [0.2, 0.25) is 0 Å². The number of guanidine groups is 1. The summed E-state index contributed by atoms with van der Waals surface area (Å²) in [4.78, 5) is 6.96. The van der Waals surface area contributed by atoms with Crippen LogP contribution in [0.1, 0.15) is 47.5 Å². The van der Waals surface area contributed by atoms with Crippen LogP contribution in [0.4, 0.5) is 0 Å². The van der Waals surface area contributed by atoms with E-state index in [4.69, 9.17) is 5.73 Å². The van der Waals surface area contributed by atoms with Crippen molar-refractivity contribution in [3.8, 4) is 0 Å². The summed E-state index contributed by atoms with van der Waals surface area (Å²) in [5.41, 5.74) is 5.84. The fraction of sp³-hybridized carbons (Fsp3) is 0.933. The van der Waals surface area contributed by atoms with Gasteiger partial charge >= 0.3 is 0 Å². The van der Waals surface area contributed by atoms with Crippen LogP contribution in [-0.4, -0.2) is 42.6 Å². The Morgan fingerprint density at radius 3 is 2.37 bits per heavy atom. The van der Waals surface area contributed by atoms with Crippen LogP contribution in [0, 0.1) is 11.8 Å². The normalized spacial score (nSPS) is 26.5. The van der Waals surface area contributed by atoms with E-state index in [2.05, 4.69) is 49.8 Å². The molecule has 1 aliphatic heterocycles. The number of hydrogen-bond donors (Lipinski definition) is 2. The van der Waals surface area contributed by atoms with E-state index in [1.165, 1.54) is 19.5 Å². The monoisotopic (exact) mass is 268 g/mol. The summed E-state index contributed by atoms with van der Waals surface area (Å²) in [6.45, 7) is 15.4. The van der Waals surface area contributed by atoms with Crippen LogP contribution in [-0.2, 0) is 0 Å². The molecule has 1 aliphatic rings. The zero-order valence-electron chi connectivity index (χ0n) is 13.4. The Kier molecular flexibility index (Phi) is 6.11. The van der Waals surface area contributed by atoms with Crippen LogP contribution in [0.15, 0.2) is 4.99 Å². The van der Waals surface area contributed by atoms with Gasteiger partial charge in [0.25, 0.3) is 0 Å². The van der Waals surface area contributed by atoms with Crippen molar-refractivity contribution in [1.29, 1.82) is 0 Å². The van der Waals surface area contributed by atoms with Gasteiger partial charge in [-0.3, -0.25) is 4.99 Å². The molecule has 0 aliphatic carbocycles. The third-order valence-corrected chi connectivity index (χ3v) is 3.36. The zero-order chi connectivity index (χ0) is 14.5. The van der Waals surface area contributed by atoms with E-state index in [1.54, 1.807) is 0 Å². The zero-order valence-corrected chi connectivity index (χ0v) is 13.4. The molecule has 0 bridgehead atoms. The Labute approximate surface area is 118 Å². The molecule has 1 rings (SSSR count). The Morgan fingerprint density at radius 2 is 1.84 bits per heavy atom. The number of rotatable bonds is 4. The van der Waals surface area contributed by atoms with Gasteiger partial charge in [-0.2, -0.15) is 0 Å². The molecule has 3 N–H and O–H groups in total. The molecule has 112 valence electrons. The molecular weight excluding hydrogens is 236 g/mol. The van der Waals surface area contributed by atoms with E-state index < -0.39 is 0 Å². The molecule has 0 aromatic carbocycles. The SMILES string of the molecule is CC1CC(C)CN(CCCN=C(N)NC(C)(C)C)C1. The molecule has 0 spiro atoms. The number of nitrogens with zero attached hydrogens (tertiary/aromatic N) is 2. The second-order valence-corrected chi connectivity index (χ2v) is 7.20. The highest BCUT2D eigenvalue weighted by atomic mass is 15.1. The van der Waals surface area contributed by atoms with Crippen molar-refractivity contribution in [2.45, 2.75) is 53.0 Å². The van der Waals surface area contributed by atoms with Crippen LogP contribution >= 0.6 is 0 Å². The average Bonchev–Trinajstić information content (AvgIpc) is 2.20. The smallest absolute Gasteiger partial charge is 0.188 e. The summed E-state index contributed by atoms with van der Waals surface area (Å²) >= 11 is 0. The molecule has 1 heterocycles. The van der Waals surface area contributed by atoms with E-state index in [0.717, 1.165) is 31.3 Å². The van der Waals surface area contributed by atoms with E-state index in [0.29, 0.717) is 5.96 Å². The van der Waals surface area contributed by atoms with E-state index >= 15 is 0 Å². The van der Waals surface area contributed by atoms with Crippen molar-refractivity contribution in [2.24, 2.45) is 22.6 Å². The molecule has 0 aromatic rings. The number of nitrogens with two attached hydrogens (primary N) is 1. The summed E-state index contributed by atoms with van der Waals surface area (Å²) in [6, 6.07) is 0. The predicted octanol–water partition coefficient (Wildman–Crippen LogP) is 2.06. The lowest BCUT2D eigenvalue weighted by Crippen LogP contribution is -2.45. The fourth-order valence-electron chi connectivity index (χ4n) is 2.89. The van der Waals surface area contributed by atoms with Crippen LogP contribution in [0.5, 0.6) is 0 Å². The summed E-state index contributed by atoms with van der Waals surface area (Å²) in [5, 5.41) is 3.19. The minimum Gasteiger partial charge on any atom is -0.370 e. The molecule has 2 unspecified atom stereocenters. The molecule has 0 aromatic heterocycles. The van der Waals surface area contributed by atoms with Crippen molar-refractivity contribution in [1.82, 2.24) is 10.2 Å². The van der Waals surface area contributed by atoms with Crippen molar-refractivity contribution in [2.75, 3.05) is 26.2 Å². The largest absolute Gasteiger partial charge is 0.370 e. The third-order valence-electron chi connectivity index (χ3n) is 3.36. The standard InChI is InChI=1S/C15H32N4/c1-12-9-13(2)11-19(10-12)8-6-7-17-14(16)18-15(3,4)5/h12-13H,6-11H2,1-5H3,(H3,16,17,18). The van der Waals surface area contributed by atoms with Gasteiger partial charge in [0.05, 0.1) is 0 Å². The lowest BCUT2D eigenvalue weighted by molar-refractivity contribution is 0.140. The molecule has 2 atom stereocenters. The molecular formula is C15H32N4. The number of aliphatic imine (C=N–C) groups is 1. The van der Waals surface area contributed by atoms with Gasteiger partial charge < -0.3 is 16.0 Å². The molecule has 4 nitrogen and oxygen atoms in total. The lowest BCUT2D eigenvalue weighted by Gasteiger charge is -2.34. The Morgan fingerprint density at radius 1 is 1.26 bits per heavy atom. The van der Waals surface area contributed by atoms with Gasteiger partial charge in [0.2, 0.25) is 0 Å². The highest BCUT2D eigenvalue weighted by molar-refractivity contribution is 5.78. The molecule has 0 amide bonds. The lowest BCUT2D eigenvalue weighted by atomic mass is 9.92.